The summed E-state index contributed by atoms with van der Waals surface area (Å²) in [5.74, 6) is 1.18. The van der Waals surface area contributed by atoms with Crippen LogP contribution in [-0.2, 0) is 0 Å². The average molecular weight is 233 g/mol. The van der Waals surface area contributed by atoms with Crippen LogP contribution in [0.2, 0.25) is 0 Å². The maximum absolute atomic E-state index is 12.3. The molecule has 1 fully saturated rings. The monoisotopic (exact) mass is 233 g/mol. The number of aromatic nitrogens is 1. The normalized spacial score (nSPS) is 24.7. The molecule has 2 unspecified atom stereocenters. The zero-order chi connectivity index (χ0) is 12.4. The number of rotatable bonds is 1. The Bertz CT molecular complexity index is 419. The minimum Gasteiger partial charge on any atom is -0.397 e. The van der Waals surface area contributed by atoms with Crippen LogP contribution in [0.15, 0.2) is 18.3 Å². The van der Waals surface area contributed by atoms with Crippen LogP contribution in [-0.4, -0.2) is 28.9 Å². The summed E-state index contributed by atoms with van der Waals surface area (Å²) in [6.07, 6.45) is 2.67. The van der Waals surface area contributed by atoms with Gasteiger partial charge in [-0.1, -0.05) is 13.8 Å². The van der Waals surface area contributed by atoms with E-state index in [0.29, 0.717) is 23.2 Å². The average Bonchev–Trinajstić information content (AvgIpc) is 2.32. The van der Waals surface area contributed by atoms with E-state index in [1.807, 2.05) is 4.90 Å². The molecule has 2 rings (SSSR count). The lowest BCUT2D eigenvalue weighted by molar-refractivity contribution is 0.0623. The third-order valence-electron chi connectivity index (χ3n) is 3.66. The van der Waals surface area contributed by atoms with Crippen molar-refractivity contribution < 1.29 is 4.79 Å². The van der Waals surface area contributed by atoms with Crippen molar-refractivity contribution in [2.24, 2.45) is 11.8 Å². The molecule has 1 saturated heterocycles. The first-order valence-corrected chi connectivity index (χ1v) is 6.09. The summed E-state index contributed by atoms with van der Waals surface area (Å²) < 4.78 is 0. The first kappa shape index (κ1) is 11.9. The first-order chi connectivity index (χ1) is 8.09. The standard InChI is InChI=1S/C13H19N3O/c1-9-5-7-16(8-10(9)2)13(17)12-11(14)4-3-6-15-12/h3-4,6,9-10H,5,7-8,14H2,1-2H3. The molecule has 1 aliphatic rings. The fourth-order valence-electron chi connectivity index (χ4n) is 2.19. The first-order valence-electron chi connectivity index (χ1n) is 6.09. The zero-order valence-electron chi connectivity index (χ0n) is 10.4. The van der Waals surface area contributed by atoms with Gasteiger partial charge in [-0.3, -0.25) is 4.79 Å². The van der Waals surface area contributed by atoms with Crippen molar-refractivity contribution in [1.29, 1.82) is 0 Å². The van der Waals surface area contributed by atoms with Gasteiger partial charge in [0.15, 0.2) is 5.69 Å². The van der Waals surface area contributed by atoms with Crippen LogP contribution in [0.25, 0.3) is 0 Å². The molecule has 1 aliphatic heterocycles. The molecule has 4 nitrogen and oxygen atoms in total. The molecule has 4 heteroatoms. The van der Waals surface area contributed by atoms with E-state index in [1.165, 1.54) is 0 Å². The lowest BCUT2D eigenvalue weighted by Crippen LogP contribution is -2.42. The van der Waals surface area contributed by atoms with Crippen molar-refractivity contribution in [1.82, 2.24) is 9.88 Å². The highest BCUT2D eigenvalue weighted by atomic mass is 16.2. The van der Waals surface area contributed by atoms with Crippen LogP contribution in [0.3, 0.4) is 0 Å². The van der Waals surface area contributed by atoms with Gasteiger partial charge in [-0.05, 0) is 30.4 Å². The minimum absolute atomic E-state index is 0.0400. The van der Waals surface area contributed by atoms with E-state index in [2.05, 4.69) is 18.8 Å². The number of nitrogens with zero attached hydrogens (tertiary/aromatic N) is 2. The Kier molecular flexibility index (Phi) is 3.31. The molecule has 2 N–H and O–H groups in total. The summed E-state index contributed by atoms with van der Waals surface area (Å²) in [6.45, 7) is 6.03. The van der Waals surface area contributed by atoms with Crippen molar-refractivity contribution in [3.63, 3.8) is 0 Å². The fourth-order valence-corrected chi connectivity index (χ4v) is 2.19. The summed E-state index contributed by atoms with van der Waals surface area (Å²) in [5.41, 5.74) is 6.63. The highest BCUT2D eigenvalue weighted by Gasteiger charge is 2.27. The molecule has 0 bridgehead atoms. The smallest absolute Gasteiger partial charge is 0.274 e. The van der Waals surface area contributed by atoms with Gasteiger partial charge in [-0.2, -0.15) is 0 Å². The molecule has 2 heterocycles. The third-order valence-corrected chi connectivity index (χ3v) is 3.66. The molecule has 0 aliphatic carbocycles. The van der Waals surface area contributed by atoms with Crippen molar-refractivity contribution in [3.8, 4) is 0 Å². The van der Waals surface area contributed by atoms with Crippen molar-refractivity contribution in [2.45, 2.75) is 20.3 Å². The number of carbonyl (C=O) groups excluding carboxylic acids is 1. The quantitative estimate of drug-likeness (QED) is 0.804. The Labute approximate surface area is 102 Å². The number of likely N-dealkylation sites (tertiary alicyclic amines) is 1. The highest BCUT2D eigenvalue weighted by molar-refractivity contribution is 5.97. The van der Waals surface area contributed by atoms with Gasteiger partial charge in [0.1, 0.15) is 0 Å². The van der Waals surface area contributed by atoms with E-state index in [9.17, 15) is 4.79 Å². The van der Waals surface area contributed by atoms with E-state index in [-0.39, 0.29) is 5.91 Å². The van der Waals surface area contributed by atoms with Crippen molar-refractivity contribution in [2.75, 3.05) is 18.8 Å². The van der Waals surface area contributed by atoms with Crippen LogP contribution in [0, 0.1) is 11.8 Å². The van der Waals surface area contributed by atoms with Gasteiger partial charge in [-0.15, -0.1) is 0 Å². The van der Waals surface area contributed by atoms with Crippen LogP contribution in [0.4, 0.5) is 5.69 Å². The fraction of sp³-hybridized carbons (Fsp3) is 0.538. The van der Waals surface area contributed by atoms with E-state index >= 15 is 0 Å². The maximum atomic E-state index is 12.3. The zero-order valence-corrected chi connectivity index (χ0v) is 10.4. The topological polar surface area (TPSA) is 59.2 Å². The second-order valence-electron chi connectivity index (χ2n) is 4.94. The van der Waals surface area contributed by atoms with Gasteiger partial charge in [-0.25, -0.2) is 4.98 Å². The summed E-state index contributed by atoms with van der Waals surface area (Å²) in [5, 5.41) is 0. The molecule has 1 amide bonds. The number of pyridine rings is 1. The Balaban J connectivity index is 2.14. The van der Waals surface area contributed by atoms with Gasteiger partial charge in [0, 0.05) is 19.3 Å². The summed E-state index contributed by atoms with van der Waals surface area (Å²) in [6, 6.07) is 3.46. The second kappa shape index (κ2) is 4.73. The number of amides is 1. The molecule has 2 atom stereocenters. The number of hydrogen-bond donors (Lipinski definition) is 1. The molecular weight excluding hydrogens is 214 g/mol. The third kappa shape index (κ3) is 2.40. The van der Waals surface area contributed by atoms with Crippen LogP contribution < -0.4 is 5.73 Å². The summed E-state index contributed by atoms with van der Waals surface area (Å²) in [7, 11) is 0. The summed E-state index contributed by atoms with van der Waals surface area (Å²) >= 11 is 0. The van der Waals surface area contributed by atoms with Crippen molar-refractivity contribution in [3.05, 3.63) is 24.0 Å². The lowest BCUT2D eigenvalue weighted by Gasteiger charge is -2.35. The molecule has 17 heavy (non-hydrogen) atoms. The van der Waals surface area contributed by atoms with Gasteiger partial charge in [0.25, 0.3) is 5.91 Å². The molecule has 0 aromatic carbocycles. The Morgan fingerprint density at radius 3 is 2.88 bits per heavy atom. The Morgan fingerprint density at radius 1 is 1.47 bits per heavy atom. The second-order valence-corrected chi connectivity index (χ2v) is 4.94. The molecule has 0 spiro atoms. The largest absolute Gasteiger partial charge is 0.397 e. The predicted molar refractivity (Wildman–Crippen MR) is 67.5 cm³/mol. The van der Waals surface area contributed by atoms with E-state index in [4.69, 9.17) is 5.73 Å². The number of nitrogen functional groups attached to an aromatic ring is 1. The number of anilines is 1. The Hall–Kier alpha value is -1.58. The molecule has 0 saturated carbocycles. The van der Waals surface area contributed by atoms with Crippen LogP contribution in [0.1, 0.15) is 30.8 Å². The molecule has 92 valence electrons. The lowest BCUT2D eigenvalue weighted by atomic mass is 9.88. The molecule has 1 aromatic heterocycles. The SMILES string of the molecule is CC1CCN(C(=O)c2ncccc2N)CC1C. The van der Waals surface area contributed by atoms with Crippen LogP contribution in [0.5, 0.6) is 0 Å². The minimum atomic E-state index is -0.0400. The number of carbonyl (C=O) groups is 1. The van der Waals surface area contributed by atoms with E-state index in [0.717, 1.165) is 19.5 Å². The van der Waals surface area contributed by atoms with Gasteiger partial charge >= 0.3 is 0 Å². The maximum Gasteiger partial charge on any atom is 0.274 e. The highest BCUT2D eigenvalue weighted by Crippen LogP contribution is 2.24. The molecule has 1 aromatic rings. The van der Waals surface area contributed by atoms with E-state index < -0.39 is 0 Å². The van der Waals surface area contributed by atoms with Crippen LogP contribution >= 0.6 is 0 Å². The predicted octanol–water partition coefficient (Wildman–Crippen LogP) is 1.78. The Morgan fingerprint density at radius 2 is 2.24 bits per heavy atom. The van der Waals surface area contributed by atoms with Crippen molar-refractivity contribution >= 4 is 11.6 Å². The van der Waals surface area contributed by atoms with Gasteiger partial charge in [0.2, 0.25) is 0 Å². The number of hydrogen-bond acceptors (Lipinski definition) is 3. The van der Waals surface area contributed by atoms with Gasteiger partial charge in [0.05, 0.1) is 5.69 Å². The summed E-state index contributed by atoms with van der Waals surface area (Å²) in [4.78, 5) is 18.2. The molecule has 0 radical (unpaired) electrons. The number of piperidine rings is 1. The molecular formula is C13H19N3O. The number of nitrogens with two attached hydrogens (primary N) is 1. The van der Waals surface area contributed by atoms with Gasteiger partial charge < -0.3 is 10.6 Å². The van der Waals surface area contributed by atoms with E-state index in [1.54, 1.807) is 18.3 Å².